The van der Waals surface area contributed by atoms with Crippen molar-refractivity contribution in [2.75, 3.05) is 12.3 Å². The Morgan fingerprint density at radius 2 is 2.14 bits per heavy atom. The predicted octanol–water partition coefficient (Wildman–Crippen LogP) is -0.947. The van der Waals surface area contributed by atoms with Crippen LogP contribution in [0.2, 0.25) is 0 Å². The Morgan fingerprint density at radius 1 is 1.36 bits per heavy atom. The Bertz CT molecular complexity index is 716. The lowest BCUT2D eigenvalue weighted by Gasteiger charge is -2.18. The molecule has 2 unspecified atom stereocenters. The van der Waals surface area contributed by atoms with E-state index in [0.29, 0.717) is 17.0 Å². The van der Waals surface area contributed by atoms with E-state index in [2.05, 4.69) is 15.0 Å². The molecular weight excluding hydrogens is 290 g/mol. The largest absolute Gasteiger partial charge is 0.394 e. The number of nitrogens with two attached hydrogens (primary N) is 1. The van der Waals surface area contributed by atoms with Gasteiger partial charge < -0.3 is 25.8 Å². The first kappa shape index (κ1) is 14.9. The number of allylic oxidation sites excluding steroid dienone is 1. The van der Waals surface area contributed by atoms with Crippen LogP contribution in [0.5, 0.6) is 0 Å². The standard InChI is InChI=1S/C13H17N5O4/c1-2-3-7-17-8-11(14)15-5-16-12(8)18(7)13-10(21)9(20)6(4-19)22-13/h2-3,5-6,9-10,13,19-21H,4H2,1H3,(H2,14,15,16)/t6-,9?,10?,13-/m1/s1. The van der Waals surface area contributed by atoms with Gasteiger partial charge in [-0.05, 0) is 13.0 Å². The number of nitrogen functional groups attached to an aromatic ring is 1. The van der Waals surface area contributed by atoms with Crippen LogP contribution < -0.4 is 5.73 Å². The molecule has 22 heavy (non-hydrogen) atoms. The average Bonchev–Trinajstić information content (AvgIpc) is 3.00. The molecule has 0 saturated carbocycles. The number of nitrogens with zero attached hydrogens (tertiary/aromatic N) is 4. The van der Waals surface area contributed by atoms with Crippen molar-refractivity contribution in [3.63, 3.8) is 0 Å². The Hall–Kier alpha value is -2.07. The third-order valence-electron chi connectivity index (χ3n) is 3.62. The zero-order valence-electron chi connectivity index (χ0n) is 11.9. The molecule has 1 aliphatic heterocycles. The minimum atomic E-state index is -1.23. The molecule has 0 spiro atoms. The van der Waals surface area contributed by atoms with Crippen molar-refractivity contribution < 1.29 is 20.1 Å². The highest BCUT2D eigenvalue weighted by Crippen LogP contribution is 2.33. The van der Waals surface area contributed by atoms with Crippen LogP contribution in [0.25, 0.3) is 17.2 Å². The van der Waals surface area contributed by atoms with Gasteiger partial charge in [-0.1, -0.05) is 6.08 Å². The summed E-state index contributed by atoms with van der Waals surface area (Å²) in [6.07, 6.45) is 0.516. The first-order valence-electron chi connectivity index (χ1n) is 6.82. The van der Waals surface area contributed by atoms with Gasteiger partial charge in [-0.2, -0.15) is 0 Å². The van der Waals surface area contributed by atoms with Crippen LogP contribution in [0.1, 0.15) is 19.0 Å². The molecule has 0 aromatic carbocycles. The Kier molecular flexibility index (Phi) is 3.79. The smallest absolute Gasteiger partial charge is 0.168 e. The Balaban J connectivity index is 2.17. The number of anilines is 1. The molecule has 1 saturated heterocycles. The molecular formula is C13H17N5O4. The third-order valence-corrected chi connectivity index (χ3v) is 3.62. The second-order valence-electron chi connectivity index (χ2n) is 5.00. The van der Waals surface area contributed by atoms with Crippen molar-refractivity contribution in [2.24, 2.45) is 0 Å². The van der Waals surface area contributed by atoms with Gasteiger partial charge in [0.15, 0.2) is 23.2 Å². The fourth-order valence-electron chi connectivity index (χ4n) is 2.55. The van der Waals surface area contributed by atoms with Crippen LogP contribution in [-0.4, -0.2) is 59.8 Å². The van der Waals surface area contributed by atoms with E-state index in [9.17, 15) is 15.3 Å². The number of aliphatic hydroxyl groups is 3. The van der Waals surface area contributed by atoms with Gasteiger partial charge in [0.2, 0.25) is 0 Å². The van der Waals surface area contributed by atoms with E-state index >= 15 is 0 Å². The van der Waals surface area contributed by atoms with E-state index in [0.717, 1.165) is 0 Å². The summed E-state index contributed by atoms with van der Waals surface area (Å²) >= 11 is 0. The molecule has 0 bridgehead atoms. The fourth-order valence-corrected chi connectivity index (χ4v) is 2.55. The number of rotatable bonds is 3. The van der Waals surface area contributed by atoms with Crippen molar-refractivity contribution >= 4 is 23.1 Å². The molecule has 3 rings (SSSR count). The van der Waals surface area contributed by atoms with E-state index in [-0.39, 0.29) is 5.82 Å². The lowest BCUT2D eigenvalue weighted by atomic mass is 10.1. The number of hydrogen-bond acceptors (Lipinski definition) is 8. The van der Waals surface area contributed by atoms with Crippen LogP contribution in [-0.2, 0) is 4.74 Å². The molecule has 9 nitrogen and oxygen atoms in total. The van der Waals surface area contributed by atoms with Gasteiger partial charge in [-0.3, -0.25) is 4.57 Å². The van der Waals surface area contributed by atoms with Gasteiger partial charge in [0.25, 0.3) is 0 Å². The van der Waals surface area contributed by atoms with Gasteiger partial charge in [-0.25, -0.2) is 15.0 Å². The van der Waals surface area contributed by atoms with E-state index in [1.165, 1.54) is 10.9 Å². The molecule has 1 fully saturated rings. The Labute approximate surface area is 125 Å². The minimum absolute atomic E-state index is 0.209. The summed E-state index contributed by atoms with van der Waals surface area (Å²) in [6.45, 7) is 1.41. The fraction of sp³-hybridized carbons (Fsp3) is 0.462. The van der Waals surface area contributed by atoms with Crippen molar-refractivity contribution in [2.45, 2.75) is 31.5 Å². The molecule has 9 heteroatoms. The van der Waals surface area contributed by atoms with Crippen LogP contribution >= 0.6 is 0 Å². The van der Waals surface area contributed by atoms with Crippen molar-refractivity contribution in [1.82, 2.24) is 19.5 Å². The van der Waals surface area contributed by atoms with Crippen LogP contribution in [0.4, 0.5) is 5.82 Å². The van der Waals surface area contributed by atoms with E-state index in [1.54, 1.807) is 12.2 Å². The number of aromatic nitrogens is 4. The second-order valence-corrected chi connectivity index (χ2v) is 5.00. The molecule has 2 aromatic rings. The highest BCUT2D eigenvalue weighted by atomic mass is 16.6. The van der Waals surface area contributed by atoms with Gasteiger partial charge in [0.1, 0.15) is 30.5 Å². The monoisotopic (exact) mass is 307 g/mol. The normalized spacial score (nSPS) is 28.9. The summed E-state index contributed by atoms with van der Waals surface area (Å²) in [7, 11) is 0. The quantitative estimate of drug-likeness (QED) is 0.569. The first-order chi connectivity index (χ1) is 10.6. The number of ether oxygens (including phenoxy) is 1. The molecule has 0 radical (unpaired) electrons. The summed E-state index contributed by atoms with van der Waals surface area (Å²) < 4.78 is 7.09. The van der Waals surface area contributed by atoms with Gasteiger partial charge in [0, 0.05) is 0 Å². The molecule has 4 atom stereocenters. The van der Waals surface area contributed by atoms with Gasteiger partial charge in [0.05, 0.1) is 6.61 Å². The summed E-state index contributed by atoms with van der Waals surface area (Å²) in [4.78, 5) is 12.4. The van der Waals surface area contributed by atoms with Crippen molar-refractivity contribution in [3.8, 4) is 0 Å². The lowest BCUT2D eigenvalue weighted by molar-refractivity contribution is -0.0513. The molecule has 5 N–H and O–H groups in total. The topological polar surface area (TPSA) is 140 Å². The van der Waals surface area contributed by atoms with E-state index < -0.39 is 31.1 Å². The maximum atomic E-state index is 10.2. The number of imidazole rings is 1. The van der Waals surface area contributed by atoms with Crippen molar-refractivity contribution in [3.05, 3.63) is 18.2 Å². The summed E-state index contributed by atoms with van der Waals surface area (Å²) in [6, 6.07) is 0. The number of fused-ring (bicyclic) bond motifs is 1. The molecule has 1 aliphatic rings. The molecule has 118 valence electrons. The first-order valence-corrected chi connectivity index (χ1v) is 6.82. The molecule has 2 aromatic heterocycles. The van der Waals surface area contributed by atoms with Crippen LogP contribution in [0, 0.1) is 0 Å². The van der Waals surface area contributed by atoms with E-state index in [1.807, 2.05) is 6.92 Å². The van der Waals surface area contributed by atoms with Gasteiger partial charge in [-0.15, -0.1) is 0 Å². The summed E-state index contributed by atoms with van der Waals surface area (Å²) in [5.74, 6) is 0.667. The molecule has 0 aliphatic carbocycles. The number of hydrogen-bond donors (Lipinski definition) is 4. The highest BCUT2D eigenvalue weighted by molar-refractivity contribution is 5.83. The summed E-state index contributed by atoms with van der Waals surface area (Å²) in [5.41, 5.74) is 6.57. The third kappa shape index (κ3) is 2.15. The van der Waals surface area contributed by atoms with Crippen LogP contribution in [0.15, 0.2) is 12.4 Å². The lowest BCUT2D eigenvalue weighted by Crippen LogP contribution is -2.33. The van der Waals surface area contributed by atoms with Crippen molar-refractivity contribution in [1.29, 1.82) is 0 Å². The Morgan fingerprint density at radius 3 is 2.77 bits per heavy atom. The predicted molar refractivity (Wildman–Crippen MR) is 77.5 cm³/mol. The zero-order valence-corrected chi connectivity index (χ0v) is 11.9. The maximum absolute atomic E-state index is 10.2. The average molecular weight is 307 g/mol. The van der Waals surface area contributed by atoms with E-state index in [4.69, 9.17) is 10.5 Å². The SMILES string of the molecule is CC=Cc1nc2c(N)ncnc2n1[C@@H]1O[C@H](CO)C(O)C1O. The molecule has 3 heterocycles. The maximum Gasteiger partial charge on any atom is 0.168 e. The van der Waals surface area contributed by atoms with Gasteiger partial charge >= 0.3 is 0 Å². The highest BCUT2D eigenvalue weighted by Gasteiger charge is 2.44. The number of aliphatic hydroxyl groups excluding tert-OH is 3. The molecule has 0 amide bonds. The second kappa shape index (κ2) is 5.61. The summed E-state index contributed by atoms with van der Waals surface area (Å²) in [5, 5.41) is 29.4. The zero-order chi connectivity index (χ0) is 15.9. The minimum Gasteiger partial charge on any atom is -0.394 e. The van der Waals surface area contributed by atoms with Crippen LogP contribution in [0.3, 0.4) is 0 Å².